The molecule has 9 heteroatoms. The first-order valence-corrected chi connectivity index (χ1v) is 25.5. The fraction of sp³-hybridized carbons (Fsp3) is 0.936. The highest BCUT2D eigenvalue weighted by molar-refractivity contribution is 7.47. The Morgan fingerprint density at radius 3 is 1.38 bits per heavy atom. The summed E-state index contributed by atoms with van der Waals surface area (Å²) in [4.78, 5) is 23.2. The van der Waals surface area contributed by atoms with Gasteiger partial charge in [-0.05, 0) is 38.5 Å². The van der Waals surface area contributed by atoms with E-state index >= 15 is 0 Å². The summed E-state index contributed by atoms with van der Waals surface area (Å²) in [6, 6.07) is -0.757. The van der Waals surface area contributed by atoms with Crippen LogP contribution in [-0.2, 0) is 18.4 Å². The van der Waals surface area contributed by atoms with E-state index in [1.807, 2.05) is 21.1 Å². The molecule has 0 aromatic heterocycles. The number of likely N-dealkylation sites (N-methyl/N-ethyl adjacent to an activating group) is 1. The summed E-state index contributed by atoms with van der Waals surface area (Å²) in [6.07, 6.45) is 45.2. The number of phosphoric ester groups is 1. The Balaban J connectivity index is 4.24. The Kier molecular flexibility index (Phi) is 39.1. The Bertz CT molecular complexity index is 927. The zero-order valence-electron chi connectivity index (χ0n) is 37.9. The number of carbonyl (C=O) groups is 1. The van der Waals surface area contributed by atoms with Gasteiger partial charge in [0, 0.05) is 6.42 Å². The summed E-state index contributed by atoms with van der Waals surface area (Å²) in [5.74, 6) is -0.145. The van der Waals surface area contributed by atoms with Crippen LogP contribution in [0.1, 0.15) is 232 Å². The van der Waals surface area contributed by atoms with Crippen molar-refractivity contribution in [2.45, 2.75) is 244 Å². The highest BCUT2D eigenvalue weighted by Gasteiger charge is 2.28. The fourth-order valence-corrected chi connectivity index (χ4v) is 7.89. The van der Waals surface area contributed by atoms with Gasteiger partial charge in [-0.2, -0.15) is 0 Å². The van der Waals surface area contributed by atoms with Gasteiger partial charge in [-0.25, -0.2) is 4.57 Å². The number of phosphoric acid groups is 1. The maximum atomic E-state index is 12.9. The molecule has 8 nitrogen and oxygen atoms in total. The smallest absolute Gasteiger partial charge is 0.391 e. The van der Waals surface area contributed by atoms with E-state index in [9.17, 15) is 19.4 Å². The lowest BCUT2D eigenvalue weighted by atomic mass is 10.0. The molecule has 0 saturated heterocycles. The lowest BCUT2D eigenvalue weighted by Crippen LogP contribution is -2.46. The topological polar surface area (TPSA) is 105 Å². The number of unbranched alkanes of at least 4 members (excludes halogenated alkanes) is 29. The summed E-state index contributed by atoms with van der Waals surface area (Å²) in [5, 5.41) is 14.0. The fourth-order valence-electron chi connectivity index (χ4n) is 7.16. The molecule has 56 heavy (non-hydrogen) atoms. The first-order valence-electron chi connectivity index (χ1n) is 24.1. The minimum Gasteiger partial charge on any atom is -0.391 e. The normalized spacial score (nSPS) is 14.3. The predicted octanol–water partition coefficient (Wildman–Crippen LogP) is 13.5. The first kappa shape index (κ1) is 55.2. The van der Waals surface area contributed by atoms with Gasteiger partial charge in [0.15, 0.2) is 0 Å². The van der Waals surface area contributed by atoms with E-state index in [1.54, 1.807) is 0 Å². The van der Waals surface area contributed by atoms with E-state index in [0.717, 1.165) is 38.5 Å². The van der Waals surface area contributed by atoms with E-state index in [4.69, 9.17) is 9.05 Å². The van der Waals surface area contributed by atoms with Crippen molar-refractivity contribution in [2.75, 3.05) is 40.9 Å². The molecule has 0 aromatic rings. The summed E-state index contributed by atoms with van der Waals surface area (Å²) in [7, 11) is 1.62. The Morgan fingerprint density at radius 1 is 0.589 bits per heavy atom. The third-order valence-corrected chi connectivity index (χ3v) is 12.0. The van der Waals surface area contributed by atoms with Gasteiger partial charge in [-0.3, -0.25) is 13.8 Å². The third-order valence-electron chi connectivity index (χ3n) is 11.0. The van der Waals surface area contributed by atoms with E-state index < -0.39 is 20.0 Å². The van der Waals surface area contributed by atoms with Gasteiger partial charge in [0.1, 0.15) is 13.2 Å². The van der Waals surface area contributed by atoms with Crippen LogP contribution >= 0.6 is 7.82 Å². The van der Waals surface area contributed by atoms with Crippen LogP contribution in [0.3, 0.4) is 0 Å². The number of aliphatic hydroxyl groups excluding tert-OH is 1. The number of hydrogen-bond donors (Lipinski definition) is 3. The quantitative estimate of drug-likeness (QED) is 0.0245. The summed E-state index contributed by atoms with van der Waals surface area (Å²) in [5.41, 5.74) is 0. The monoisotopic (exact) mass is 816 g/mol. The second kappa shape index (κ2) is 39.7. The second-order valence-corrected chi connectivity index (χ2v) is 19.3. The number of amides is 1. The molecule has 0 rings (SSSR count). The summed E-state index contributed by atoms with van der Waals surface area (Å²) in [6.45, 7) is 4.90. The highest BCUT2D eigenvalue weighted by atomic mass is 31.2. The number of nitrogens with one attached hydrogen (secondary N) is 1. The largest absolute Gasteiger partial charge is 0.472 e. The van der Waals surface area contributed by atoms with Gasteiger partial charge < -0.3 is 19.8 Å². The molecule has 0 aromatic carbocycles. The van der Waals surface area contributed by atoms with E-state index in [1.165, 1.54) is 167 Å². The zero-order chi connectivity index (χ0) is 41.4. The highest BCUT2D eigenvalue weighted by Crippen LogP contribution is 2.43. The van der Waals surface area contributed by atoms with Gasteiger partial charge in [0.25, 0.3) is 0 Å². The third kappa shape index (κ3) is 41.4. The van der Waals surface area contributed by atoms with E-state index in [2.05, 4.69) is 31.3 Å². The zero-order valence-corrected chi connectivity index (χ0v) is 38.8. The van der Waals surface area contributed by atoms with Gasteiger partial charge >= 0.3 is 7.82 Å². The van der Waals surface area contributed by atoms with Crippen molar-refractivity contribution in [2.24, 2.45) is 0 Å². The number of hydrogen-bond acceptors (Lipinski definition) is 5. The Labute approximate surface area is 348 Å². The maximum absolute atomic E-state index is 12.9. The van der Waals surface area contributed by atoms with Crippen molar-refractivity contribution in [3.05, 3.63) is 12.2 Å². The van der Waals surface area contributed by atoms with Crippen LogP contribution in [0.15, 0.2) is 12.2 Å². The molecule has 0 aliphatic rings. The maximum Gasteiger partial charge on any atom is 0.472 e. The van der Waals surface area contributed by atoms with Crippen LogP contribution < -0.4 is 5.32 Å². The molecule has 0 radical (unpaired) electrons. The molecule has 0 bridgehead atoms. The molecule has 3 unspecified atom stereocenters. The number of nitrogens with zero attached hydrogens (tertiary/aromatic N) is 1. The van der Waals surface area contributed by atoms with Crippen LogP contribution in [0.25, 0.3) is 0 Å². The lowest BCUT2D eigenvalue weighted by Gasteiger charge is -2.26. The van der Waals surface area contributed by atoms with Crippen LogP contribution in [0.5, 0.6) is 0 Å². The van der Waals surface area contributed by atoms with Crippen molar-refractivity contribution in [3.8, 4) is 0 Å². The van der Waals surface area contributed by atoms with Crippen molar-refractivity contribution < 1.29 is 32.9 Å². The molecule has 3 atom stereocenters. The molecule has 0 fully saturated rings. The van der Waals surface area contributed by atoms with Crippen molar-refractivity contribution >= 4 is 13.7 Å². The van der Waals surface area contributed by atoms with Gasteiger partial charge in [0.2, 0.25) is 5.91 Å². The number of quaternary nitrogens is 1. The molecule has 0 aliphatic carbocycles. The molecule has 0 heterocycles. The number of carbonyl (C=O) groups excluding carboxylic acids is 1. The Hall–Kier alpha value is -0.760. The molecule has 334 valence electrons. The number of aliphatic hydroxyl groups is 1. The average Bonchev–Trinajstić information content (AvgIpc) is 3.15. The number of rotatable bonds is 44. The molecule has 3 N–H and O–H groups in total. The first-order chi connectivity index (χ1) is 27.0. The molecular weight excluding hydrogens is 719 g/mol. The lowest BCUT2D eigenvalue weighted by molar-refractivity contribution is -0.870. The number of allylic oxidation sites excluding steroid dienone is 2. The van der Waals surface area contributed by atoms with Gasteiger partial charge in [-0.15, -0.1) is 0 Å². The Morgan fingerprint density at radius 2 is 0.964 bits per heavy atom. The SMILES string of the molecule is CCCCCCCCCC/C=C\CCCCCCCCCCCC(=O)NC(COP(=O)(O)OCC[N+](C)(C)C)C(O)CCCCCCCCCCCCCCC. The molecule has 0 aliphatic heterocycles. The standard InChI is InChI=1S/C47H95N2O6P/c1-6-8-10-12-14-16-18-20-21-22-23-24-25-26-27-29-31-33-35-37-39-41-47(51)48-45(44-55-56(52,53)54-43-42-49(3,4)5)46(50)40-38-36-34-32-30-28-19-17-15-13-11-9-7-2/h22-23,45-46,50H,6-21,24-44H2,1-5H3,(H-,48,51,52,53)/p+1/b23-22-. The van der Waals surface area contributed by atoms with Crippen molar-refractivity contribution in [3.63, 3.8) is 0 Å². The molecular formula is C47H96N2O6P+. The minimum absolute atomic E-state index is 0.0763. The van der Waals surface area contributed by atoms with E-state index in [0.29, 0.717) is 23.9 Å². The van der Waals surface area contributed by atoms with Gasteiger partial charge in [-0.1, -0.05) is 199 Å². The van der Waals surface area contributed by atoms with Crippen LogP contribution in [0.4, 0.5) is 0 Å². The van der Waals surface area contributed by atoms with Crippen LogP contribution in [0.2, 0.25) is 0 Å². The van der Waals surface area contributed by atoms with E-state index in [-0.39, 0.29) is 19.1 Å². The van der Waals surface area contributed by atoms with Crippen molar-refractivity contribution in [1.82, 2.24) is 5.32 Å². The second-order valence-electron chi connectivity index (χ2n) is 17.8. The van der Waals surface area contributed by atoms with Crippen molar-refractivity contribution in [1.29, 1.82) is 0 Å². The molecule has 1 amide bonds. The van der Waals surface area contributed by atoms with Gasteiger partial charge in [0.05, 0.1) is 39.9 Å². The molecule has 0 saturated carbocycles. The summed E-state index contributed by atoms with van der Waals surface area (Å²) >= 11 is 0. The average molecular weight is 816 g/mol. The summed E-state index contributed by atoms with van der Waals surface area (Å²) < 4.78 is 23.6. The predicted molar refractivity (Wildman–Crippen MR) is 240 cm³/mol. The molecule has 0 spiro atoms. The minimum atomic E-state index is -4.31. The van der Waals surface area contributed by atoms with Crippen LogP contribution in [0, 0.1) is 0 Å². The van der Waals surface area contributed by atoms with Crippen LogP contribution in [-0.4, -0.2) is 73.4 Å².